The zero-order chi connectivity index (χ0) is 53.6. The van der Waals surface area contributed by atoms with Crippen molar-refractivity contribution in [3.8, 4) is 0 Å². The second-order valence-electron chi connectivity index (χ2n) is 21.3. The smallest absolute Gasteiger partial charge is 0.306 e. The van der Waals surface area contributed by atoms with Crippen molar-refractivity contribution in [2.45, 2.75) is 329 Å². The van der Waals surface area contributed by atoms with Crippen LogP contribution in [0.25, 0.3) is 0 Å². The van der Waals surface area contributed by atoms with Crippen LogP contribution < -0.4 is 0 Å². The topological polar surface area (TPSA) is 78.9 Å². The number of allylic oxidation sites excluding steroid dienone is 12. The lowest BCUT2D eigenvalue weighted by atomic mass is 10.0. The minimum Gasteiger partial charge on any atom is -0.462 e. The molecule has 0 saturated carbocycles. The molecule has 0 aromatic carbocycles. The van der Waals surface area contributed by atoms with Gasteiger partial charge in [-0.2, -0.15) is 0 Å². The van der Waals surface area contributed by atoms with Gasteiger partial charge < -0.3 is 14.2 Å². The normalized spacial score (nSPS) is 12.5. The fraction of sp³-hybridized carbons (Fsp3) is 0.779. The van der Waals surface area contributed by atoms with E-state index in [0.717, 1.165) is 109 Å². The van der Waals surface area contributed by atoms with Gasteiger partial charge in [-0.25, -0.2) is 0 Å². The Labute approximate surface area is 459 Å². The van der Waals surface area contributed by atoms with Crippen LogP contribution in [0.5, 0.6) is 0 Å². The molecule has 428 valence electrons. The third-order valence-electron chi connectivity index (χ3n) is 13.9. The van der Waals surface area contributed by atoms with Crippen LogP contribution in [0.4, 0.5) is 0 Å². The van der Waals surface area contributed by atoms with E-state index in [-0.39, 0.29) is 31.1 Å². The predicted molar refractivity (Wildman–Crippen MR) is 321 cm³/mol. The van der Waals surface area contributed by atoms with E-state index in [0.29, 0.717) is 19.3 Å². The maximum absolute atomic E-state index is 12.9. The van der Waals surface area contributed by atoms with E-state index in [4.69, 9.17) is 14.2 Å². The fourth-order valence-corrected chi connectivity index (χ4v) is 9.05. The third kappa shape index (κ3) is 59.7. The van der Waals surface area contributed by atoms with Gasteiger partial charge in [0.2, 0.25) is 0 Å². The highest BCUT2D eigenvalue weighted by Gasteiger charge is 2.19. The highest BCUT2D eigenvalue weighted by atomic mass is 16.6. The van der Waals surface area contributed by atoms with E-state index in [2.05, 4.69) is 93.7 Å². The molecule has 0 fully saturated rings. The number of hydrogen-bond donors (Lipinski definition) is 0. The summed E-state index contributed by atoms with van der Waals surface area (Å²) in [6.07, 6.45) is 80.5. The van der Waals surface area contributed by atoms with Gasteiger partial charge in [-0.3, -0.25) is 14.4 Å². The van der Waals surface area contributed by atoms with E-state index < -0.39 is 6.10 Å². The van der Waals surface area contributed by atoms with Crippen molar-refractivity contribution in [2.24, 2.45) is 0 Å². The Balaban J connectivity index is 4.26. The minimum absolute atomic E-state index is 0.0841. The predicted octanol–water partition coefficient (Wildman–Crippen LogP) is 21.7. The highest BCUT2D eigenvalue weighted by Crippen LogP contribution is 2.16. The van der Waals surface area contributed by atoms with Crippen molar-refractivity contribution >= 4 is 17.9 Å². The first kappa shape index (κ1) is 70.8. The first-order valence-electron chi connectivity index (χ1n) is 31.9. The molecule has 0 saturated heterocycles. The Hall–Kier alpha value is -3.15. The first-order valence-corrected chi connectivity index (χ1v) is 31.9. The average molecular weight is 1030 g/mol. The maximum Gasteiger partial charge on any atom is 0.306 e. The molecule has 6 nitrogen and oxygen atoms in total. The van der Waals surface area contributed by atoms with Gasteiger partial charge >= 0.3 is 17.9 Å². The molecule has 0 heterocycles. The van der Waals surface area contributed by atoms with Gasteiger partial charge in [0.1, 0.15) is 13.2 Å². The van der Waals surface area contributed by atoms with Crippen LogP contribution in [0.1, 0.15) is 323 Å². The summed E-state index contributed by atoms with van der Waals surface area (Å²) < 4.78 is 16.9. The van der Waals surface area contributed by atoms with Crippen molar-refractivity contribution in [3.05, 3.63) is 72.9 Å². The zero-order valence-corrected chi connectivity index (χ0v) is 49.1. The average Bonchev–Trinajstić information content (AvgIpc) is 3.40. The molecule has 74 heavy (non-hydrogen) atoms. The number of ether oxygens (including phenoxy) is 3. The summed E-state index contributed by atoms with van der Waals surface area (Å²) in [6.45, 7) is 6.57. The van der Waals surface area contributed by atoms with Crippen LogP contribution in [0.3, 0.4) is 0 Å². The lowest BCUT2D eigenvalue weighted by molar-refractivity contribution is -0.167. The van der Waals surface area contributed by atoms with Gasteiger partial charge in [-0.15, -0.1) is 0 Å². The maximum atomic E-state index is 12.9. The van der Waals surface area contributed by atoms with Crippen LogP contribution in [-0.2, 0) is 28.6 Å². The van der Waals surface area contributed by atoms with Crippen LogP contribution in [0.15, 0.2) is 72.9 Å². The van der Waals surface area contributed by atoms with Crippen LogP contribution >= 0.6 is 0 Å². The molecule has 1 atom stereocenters. The van der Waals surface area contributed by atoms with Crippen molar-refractivity contribution in [1.82, 2.24) is 0 Å². The van der Waals surface area contributed by atoms with Crippen molar-refractivity contribution in [2.75, 3.05) is 13.2 Å². The summed E-state index contributed by atoms with van der Waals surface area (Å²) in [5, 5.41) is 0. The molecule has 0 aromatic rings. The summed E-state index contributed by atoms with van der Waals surface area (Å²) in [4.78, 5) is 38.2. The summed E-state index contributed by atoms with van der Waals surface area (Å²) in [5.41, 5.74) is 0. The molecule has 0 rings (SSSR count). The first-order chi connectivity index (χ1) is 36.5. The fourth-order valence-electron chi connectivity index (χ4n) is 9.05. The Morgan fingerprint density at radius 2 is 0.500 bits per heavy atom. The minimum atomic E-state index is -0.789. The molecule has 0 aliphatic heterocycles. The third-order valence-corrected chi connectivity index (χ3v) is 13.9. The van der Waals surface area contributed by atoms with E-state index >= 15 is 0 Å². The van der Waals surface area contributed by atoms with Crippen LogP contribution in [0.2, 0.25) is 0 Å². The molecular weight excluding hydrogens is 913 g/mol. The largest absolute Gasteiger partial charge is 0.462 e. The molecule has 0 radical (unpaired) electrons. The van der Waals surface area contributed by atoms with E-state index in [1.54, 1.807) is 0 Å². The Bertz CT molecular complexity index is 1370. The summed E-state index contributed by atoms with van der Waals surface area (Å²) in [7, 11) is 0. The second-order valence-corrected chi connectivity index (χ2v) is 21.3. The molecule has 0 aliphatic rings. The number of carbonyl (C=O) groups excluding carboxylic acids is 3. The summed E-state index contributed by atoms with van der Waals surface area (Å²) in [5.74, 6) is -0.900. The summed E-state index contributed by atoms with van der Waals surface area (Å²) >= 11 is 0. The SMILES string of the molecule is CCCC/C=C\C/C=C\CCCCCCCC(=O)OCC(COC(=O)CCCCCCCCCCCCCCCCC/C=C\C/C=C\CCCCCCC)OC(=O)CCCCCCC/C=C\C/C=C\CCCCC. The standard InChI is InChI=1S/C68H120O6/c1-4-7-10-13-16-19-22-25-28-29-30-31-32-33-34-35-36-37-38-39-41-43-46-49-52-55-58-61-67(70)73-64-65(63-72-66(69)60-57-54-51-48-45-42-27-24-21-18-15-12-9-6-3)74-68(71)62-59-56-53-50-47-44-40-26-23-20-17-14-11-8-5-2/h15,17-18,20,22,24-27,29-30,40,65H,4-14,16,19,21,23,28,31-39,41-64H2,1-3H3/b18-15-,20-17-,25-22-,27-24-,30-29-,40-26-. The Morgan fingerprint density at radius 1 is 0.270 bits per heavy atom. The second kappa shape index (κ2) is 62.4. The van der Waals surface area contributed by atoms with Gasteiger partial charge in [-0.05, 0) is 109 Å². The summed E-state index contributed by atoms with van der Waals surface area (Å²) in [6, 6.07) is 0. The van der Waals surface area contributed by atoms with Crippen molar-refractivity contribution in [1.29, 1.82) is 0 Å². The lowest BCUT2D eigenvalue weighted by Crippen LogP contribution is -2.30. The molecule has 0 aliphatic carbocycles. The van der Waals surface area contributed by atoms with E-state index in [9.17, 15) is 14.4 Å². The monoisotopic (exact) mass is 1030 g/mol. The molecular formula is C68H120O6. The number of rotatable bonds is 58. The lowest BCUT2D eigenvalue weighted by Gasteiger charge is -2.18. The molecule has 0 amide bonds. The Kier molecular flexibility index (Phi) is 59.7. The molecule has 0 bridgehead atoms. The molecule has 0 spiro atoms. The number of hydrogen-bond acceptors (Lipinski definition) is 6. The van der Waals surface area contributed by atoms with Crippen molar-refractivity contribution < 1.29 is 28.6 Å². The molecule has 0 N–H and O–H groups in total. The number of carbonyl (C=O) groups is 3. The van der Waals surface area contributed by atoms with E-state index in [1.165, 1.54) is 173 Å². The van der Waals surface area contributed by atoms with Crippen LogP contribution in [0, 0.1) is 0 Å². The zero-order valence-electron chi connectivity index (χ0n) is 49.1. The van der Waals surface area contributed by atoms with Gasteiger partial charge in [0, 0.05) is 19.3 Å². The van der Waals surface area contributed by atoms with Gasteiger partial charge in [-0.1, -0.05) is 267 Å². The molecule has 1 unspecified atom stereocenters. The molecule has 6 heteroatoms. The Morgan fingerprint density at radius 3 is 0.811 bits per heavy atom. The number of unbranched alkanes of at least 4 members (excludes halogenated alkanes) is 35. The van der Waals surface area contributed by atoms with E-state index in [1.807, 2.05) is 0 Å². The van der Waals surface area contributed by atoms with Crippen LogP contribution in [-0.4, -0.2) is 37.2 Å². The quantitative estimate of drug-likeness (QED) is 0.0261. The number of esters is 3. The highest BCUT2D eigenvalue weighted by molar-refractivity contribution is 5.71. The van der Waals surface area contributed by atoms with Gasteiger partial charge in [0.15, 0.2) is 6.10 Å². The molecule has 0 aromatic heterocycles. The van der Waals surface area contributed by atoms with Gasteiger partial charge in [0.25, 0.3) is 0 Å². The van der Waals surface area contributed by atoms with Gasteiger partial charge in [0.05, 0.1) is 0 Å². The van der Waals surface area contributed by atoms with Crippen molar-refractivity contribution in [3.63, 3.8) is 0 Å².